The van der Waals surface area contributed by atoms with Crippen molar-refractivity contribution in [3.63, 3.8) is 0 Å². The van der Waals surface area contributed by atoms with Crippen molar-refractivity contribution in [2.45, 2.75) is 108 Å². The number of aromatic nitrogens is 2. The Morgan fingerprint density at radius 1 is 0.968 bits per heavy atom. The first-order valence-corrected chi connectivity index (χ1v) is 22.6. The summed E-state index contributed by atoms with van der Waals surface area (Å²) in [4.78, 5) is 34.8. The van der Waals surface area contributed by atoms with E-state index in [1.807, 2.05) is 54.7 Å². The number of hydrogen-bond donors (Lipinski definition) is 4. The molecule has 5 aromatic rings. The van der Waals surface area contributed by atoms with Crippen molar-refractivity contribution in [3.8, 4) is 22.6 Å². The summed E-state index contributed by atoms with van der Waals surface area (Å²) in [5, 5.41) is 17.7. The van der Waals surface area contributed by atoms with E-state index in [9.17, 15) is 14.7 Å². The lowest BCUT2D eigenvalue weighted by Crippen LogP contribution is -2.53. The topological polar surface area (TPSA) is 149 Å². The standard InChI is InChI=1S/C51H58ClN5O5/c1-33(32-62-45-18-23-54-44-12-3-7-34(2)48(44)45)25-39-27-37-14-16-42(29-43(37)50(39)19-21-51(22-20-50,49(59)60)57-41-11-5-10-40(52)28-41)61-24-6-13-47(58)56-30-35-8-4-9-36(26-35)38-15-17-46(53)55-31-38/h4-5,8-11,14-18,23,26,28-29,31,33-34,39,57H,3,6-7,12-13,19-22,24-25,27,30,32H2,1-2H3,(H2,53,55)(H,56,58)(H,59,60)/t33-,34-,39+,50?,51?/m1/s1. The molecule has 0 aliphatic heterocycles. The molecule has 0 bridgehead atoms. The molecular formula is C51H58ClN5O5. The van der Waals surface area contributed by atoms with E-state index in [2.05, 4.69) is 52.6 Å². The Kier molecular flexibility index (Phi) is 13.0. The first-order chi connectivity index (χ1) is 30.0. The highest BCUT2D eigenvalue weighted by Crippen LogP contribution is 2.57. The van der Waals surface area contributed by atoms with Crippen LogP contribution in [0.25, 0.3) is 11.1 Å². The van der Waals surface area contributed by atoms with Gasteiger partial charge in [-0.15, -0.1) is 0 Å². The quantitative estimate of drug-likeness (QED) is 0.0712. The van der Waals surface area contributed by atoms with E-state index < -0.39 is 11.5 Å². The number of hydrogen-bond acceptors (Lipinski definition) is 8. The molecule has 1 saturated carbocycles. The number of carbonyl (C=O) groups excluding carboxylic acids is 1. The van der Waals surface area contributed by atoms with Crippen molar-refractivity contribution in [3.05, 3.63) is 130 Å². The number of fused-ring (bicyclic) bond motifs is 3. The normalized spacial score (nSPS) is 22.0. The molecule has 3 aromatic carbocycles. The molecule has 0 radical (unpaired) electrons. The van der Waals surface area contributed by atoms with Gasteiger partial charge in [0.25, 0.3) is 0 Å². The minimum atomic E-state index is -1.11. The molecule has 0 saturated heterocycles. The minimum Gasteiger partial charge on any atom is -0.494 e. The Labute approximate surface area is 370 Å². The largest absolute Gasteiger partial charge is 0.494 e. The van der Waals surface area contributed by atoms with Gasteiger partial charge in [0.15, 0.2) is 0 Å². The lowest BCUT2D eigenvalue weighted by Gasteiger charge is -2.47. The van der Waals surface area contributed by atoms with E-state index in [-0.39, 0.29) is 17.2 Å². The Balaban J connectivity index is 0.926. The van der Waals surface area contributed by atoms with Crippen molar-refractivity contribution >= 4 is 35.0 Å². The Bertz CT molecular complexity index is 2380. The molecule has 2 aromatic heterocycles. The fourth-order valence-electron chi connectivity index (χ4n) is 10.3. The summed E-state index contributed by atoms with van der Waals surface area (Å²) in [7, 11) is 0. The number of carbonyl (C=O) groups is 2. The predicted octanol–water partition coefficient (Wildman–Crippen LogP) is 10.3. The third-order valence-corrected chi connectivity index (χ3v) is 13.9. The lowest BCUT2D eigenvalue weighted by molar-refractivity contribution is -0.144. The second kappa shape index (κ2) is 18.8. The van der Waals surface area contributed by atoms with E-state index in [1.165, 1.54) is 22.4 Å². The number of nitrogens with two attached hydrogens (primary N) is 1. The number of carboxylic acid groups (broad SMARTS) is 1. The number of halogens is 1. The predicted molar refractivity (Wildman–Crippen MR) is 245 cm³/mol. The highest BCUT2D eigenvalue weighted by Gasteiger charge is 2.54. The average molecular weight is 857 g/mol. The summed E-state index contributed by atoms with van der Waals surface area (Å²) in [5.74, 6) is 2.36. The minimum absolute atomic E-state index is 0.0316. The van der Waals surface area contributed by atoms with Crippen molar-refractivity contribution in [1.29, 1.82) is 0 Å². The van der Waals surface area contributed by atoms with Crippen LogP contribution in [0.1, 0.15) is 106 Å². The van der Waals surface area contributed by atoms with E-state index in [4.69, 9.17) is 26.8 Å². The molecular weight excluding hydrogens is 798 g/mol. The molecule has 5 N–H and O–H groups in total. The van der Waals surface area contributed by atoms with E-state index in [1.54, 1.807) is 24.4 Å². The first kappa shape index (κ1) is 43.1. The molecule has 8 rings (SSSR count). The summed E-state index contributed by atoms with van der Waals surface area (Å²) < 4.78 is 12.9. The maximum atomic E-state index is 13.1. The van der Waals surface area contributed by atoms with E-state index in [0.29, 0.717) is 73.8 Å². The monoisotopic (exact) mass is 855 g/mol. The Morgan fingerprint density at radius 3 is 2.60 bits per heavy atom. The van der Waals surface area contributed by atoms with Crippen molar-refractivity contribution < 1.29 is 24.2 Å². The molecule has 1 spiro atoms. The fourth-order valence-corrected chi connectivity index (χ4v) is 10.5. The number of nitrogens with zero attached hydrogens (tertiary/aromatic N) is 2. The number of ether oxygens (including phenoxy) is 2. The SMILES string of the molecule is C[C@@H](COc1ccnc2c1[C@H](C)CCC2)C[C@H]1Cc2ccc(OCCCC(=O)NCc3cccc(-c4ccc(N)nc4)c3)cc2C12CCC(Nc1cccc(Cl)c1)(C(=O)O)CC2. The second-order valence-electron chi connectivity index (χ2n) is 17.9. The number of anilines is 2. The number of aryl methyl sites for hydroxylation is 1. The lowest BCUT2D eigenvalue weighted by atomic mass is 9.59. The number of carboxylic acids is 1. The van der Waals surface area contributed by atoms with Gasteiger partial charge in [0.1, 0.15) is 22.9 Å². The molecule has 2 heterocycles. The van der Waals surface area contributed by atoms with Crippen molar-refractivity contribution in [2.75, 3.05) is 24.3 Å². The number of nitrogens with one attached hydrogen (secondary N) is 2. The average Bonchev–Trinajstić information content (AvgIpc) is 3.55. The van der Waals surface area contributed by atoms with Gasteiger partial charge in [0.2, 0.25) is 5.91 Å². The highest BCUT2D eigenvalue weighted by molar-refractivity contribution is 6.30. The Morgan fingerprint density at radius 2 is 1.81 bits per heavy atom. The molecule has 3 atom stereocenters. The van der Waals surface area contributed by atoms with Gasteiger partial charge in [0, 0.05) is 52.9 Å². The van der Waals surface area contributed by atoms with Crippen LogP contribution in [0.4, 0.5) is 11.5 Å². The smallest absolute Gasteiger partial charge is 0.329 e. The molecule has 1 amide bonds. The molecule has 1 fully saturated rings. The number of pyridine rings is 2. The number of aliphatic carboxylic acids is 1. The first-order valence-electron chi connectivity index (χ1n) is 22.2. The molecule has 3 aliphatic carbocycles. The third kappa shape index (κ3) is 9.55. The van der Waals surface area contributed by atoms with E-state index >= 15 is 0 Å². The van der Waals surface area contributed by atoms with Crippen LogP contribution in [0.3, 0.4) is 0 Å². The number of benzene rings is 3. The van der Waals surface area contributed by atoms with Crippen LogP contribution in [0, 0.1) is 11.8 Å². The zero-order valence-electron chi connectivity index (χ0n) is 35.8. The van der Waals surface area contributed by atoms with Crippen LogP contribution in [0.5, 0.6) is 11.5 Å². The van der Waals surface area contributed by atoms with Gasteiger partial charge < -0.3 is 30.9 Å². The van der Waals surface area contributed by atoms with Gasteiger partial charge >= 0.3 is 5.97 Å². The summed E-state index contributed by atoms with van der Waals surface area (Å²) in [6.45, 7) is 5.99. The van der Waals surface area contributed by atoms with Gasteiger partial charge in [-0.25, -0.2) is 9.78 Å². The summed E-state index contributed by atoms with van der Waals surface area (Å²) in [6.07, 6.45) is 12.1. The van der Waals surface area contributed by atoms with Crippen molar-refractivity contribution in [1.82, 2.24) is 15.3 Å². The van der Waals surface area contributed by atoms with Gasteiger partial charge in [-0.3, -0.25) is 9.78 Å². The van der Waals surface area contributed by atoms with Crippen LogP contribution in [0.2, 0.25) is 5.02 Å². The van der Waals surface area contributed by atoms with Crippen LogP contribution in [-0.2, 0) is 34.4 Å². The Hall–Kier alpha value is -5.61. The van der Waals surface area contributed by atoms with Crippen LogP contribution in [0.15, 0.2) is 97.3 Å². The third-order valence-electron chi connectivity index (χ3n) is 13.6. The van der Waals surface area contributed by atoms with Gasteiger partial charge in [-0.05, 0) is 164 Å². The molecule has 324 valence electrons. The molecule has 11 heteroatoms. The fraction of sp³-hybridized carbons (Fsp3) is 0.412. The molecule has 3 aliphatic rings. The number of amides is 1. The highest BCUT2D eigenvalue weighted by atomic mass is 35.5. The summed E-state index contributed by atoms with van der Waals surface area (Å²) in [5.41, 5.74) is 13.1. The molecule has 0 unspecified atom stereocenters. The summed E-state index contributed by atoms with van der Waals surface area (Å²) in [6, 6.07) is 27.5. The van der Waals surface area contributed by atoms with E-state index in [0.717, 1.165) is 73.1 Å². The van der Waals surface area contributed by atoms with Crippen LogP contribution in [-0.4, -0.2) is 45.7 Å². The van der Waals surface area contributed by atoms with Gasteiger partial charge in [-0.2, -0.15) is 0 Å². The van der Waals surface area contributed by atoms with Crippen LogP contribution >= 0.6 is 11.6 Å². The number of nitrogen functional groups attached to an aromatic ring is 1. The van der Waals surface area contributed by atoms with Gasteiger partial charge in [-0.1, -0.05) is 55.8 Å². The maximum Gasteiger partial charge on any atom is 0.329 e. The zero-order valence-corrected chi connectivity index (χ0v) is 36.6. The van der Waals surface area contributed by atoms with Crippen LogP contribution < -0.4 is 25.8 Å². The summed E-state index contributed by atoms with van der Waals surface area (Å²) >= 11 is 6.32. The zero-order chi connectivity index (χ0) is 43.3. The maximum absolute atomic E-state index is 13.1. The second-order valence-corrected chi connectivity index (χ2v) is 18.4. The molecule has 62 heavy (non-hydrogen) atoms. The van der Waals surface area contributed by atoms with Gasteiger partial charge in [0.05, 0.1) is 13.2 Å². The van der Waals surface area contributed by atoms with Crippen molar-refractivity contribution in [2.24, 2.45) is 11.8 Å². The number of rotatable bonds is 16. The molecule has 10 nitrogen and oxygen atoms in total.